The van der Waals surface area contributed by atoms with Gasteiger partial charge >= 0.3 is 6.09 Å². The molecule has 6 rings (SSSR count). The quantitative estimate of drug-likeness (QED) is 0.494. The van der Waals surface area contributed by atoms with E-state index in [0.29, 0.717) is 61.0 Å². The van der Waals surface area contributed by atoms with Gasteiger partial charge < -0.3 is 24.5 Å². The average Bonchev–Trinajstić information content (AvgIpc) is 3.46. The summed E-state index contributed by atoms with van der Waals surface area (Å²) in [6.07, 6.45) is -0.309. The van der Waals surface area contributed by atoms with E-state index in [2.05, 4.69) is 10.2 Å². The van der Waals surface area contributed by atoms with Gasteiger partial charge in [-0.3, -0.25) is 19.4 Å². The molecule has 10 nitrogen and oxygen atoms in total. The van der Waals surface area contributed by atoms with Gasteiger partial charge in [0.2, 0.25) is 5.91 Å². The number of rotatable bonds is 6. The molecular formula is C27H28N4O6S. The van der Waals surface area contributed by atoms with Gasteiger partial charge in [0.1, 0.15) is 11.9 Å². The second kappa shape index (κ2) is 9.64. The molecule has 0 radical (unpaired) electrons. The number of hydrogen-bond donors (Lipinski definition) is 2. The standard InChI is InChI=1S/C27H28N4O6S/c1-36-19-5-2-17-3-7-25(33)31(22(17)11-19)16-27(35)8-9-29(15-27)12-20-13-30(26(34)37-20)18-4-6-23-21(10-18)28-24(32)14-38-23/h2-7,10-11,20,35H,8-9,12-16H2,1H3,(H,28,32). The van der Waals surface area contributed by atoms with E-state index in [1.54, 1.807) is 28.7 Å². The van der Waals surface area contributed by atoms with Crippen LogP contribution < -0.4 is 20.5 Å². The lowest BCUT2D eigenvalue weighted by atomic mass is 10.0. The molecule has 3 aliphatic rings. The Bertz CT molecular complexity index is 1490. The first kappa shape index (κ1) is 24.8. The van der Waals surface area contributed by atoms with Crippen LogP contribution in [0.25, 0.3) is 10.9 Å². The molecule has 2 saturated heterocycles. The van der Waals surface area contributed by atoms with Crippen LogP contribution in [0.3, 0.4) is 0 Å². The number of carbonyl (C=O) groups is 2. The Labute approximate surface area is 223 Å². The number of benzene rings is 2. The third-order valence-corrected chi connectivity index (χ3v) is 8.38. The van der Waals surface area contributed by atoms with Gasteiger partial charge in [0.05, 0.1) is 42.8 Å². The van der Waals surface area contributed by atoms with Crippen molar-refractivity contribution in [3.8, 4) is 5.75 Å². The highest BCUT2D eigenvalue weighted by Crippen LogP contribution is 2.36. The zero-order chi connectivity index (χ0) is 26.4. The van der Waals surface area contributed by atoms with Crippen molar-refractivity contribution >= 4 is 46.0 Å². The summed E-state index contributed by atoms with van der Waals surface area (Å²) in [5.41, 5.74) is 0.799. The molecule has 3 aliphatic heterocycles. The van der Waals surface area contributed by atoms with Gasteiger partial charge in [0.15, 0.2) is 0 Å². The van der Waals surface area contributed by atoms with Crippen molar-refractivity contribution in [1.29, 1.82) is 0 Å². The number of ether oxygens (including phenoxy) is 2. The third-order valence-electron chi connectivity index (χ3n) is 7.31. The van der Waals surface area contributed by atoms with Gasteiger partial charge in [-0.2, -0.15) is 0 Å². The van der Waals surface area contributed by atoms with Crippen LogP contribution in [0.1, 0.15) is 6.42 Å². The van der Waals surface area contributed by atoms with Crippen LogP contribution in [0.15, 0.2) is 58.2 Å². The summed E-state index contributed by atoms with van der Waals surface area (Å²) in [5.74, 6) is 0.962. The largest absolute Gasteiger partial charge is 0.497 e. The van der Waals surface area contributed by atoms with Crippen LogP contribution in [0.2, 0.25) is 0 Å². The number of likely N-dealkylation sites (tertiary alicyclic amines) is 1. The van der Waals surface area contributed by atoms with E-state index in [0.717, 1.165) is 10.3 Å². The zero-order valence-electron chi connectivity index (χ0n) is 20.9. The molecule has 38 heavy (non-hydrogen) atoms. The molecule has 198 valence electrons. The van der Waals surface area contributed by atoms with Crippen molar-refractivity contribution in [2.24, 2.45) is 0 Å². The Morgan fingerprint density at radius 1 is 1.16 bits per heavy atom. The normalized spacial score (nSPS) is 23.4. The fraction of sp³-hybridized carbons (Fsp3) is 0.370. The minimum Gasteiger partial charge on any atom is -0.497 e. The lowest BCUT2D eigenvalue weighted by molar-refractivity contribution is -0.113. The lowest BCUT2D eigenvalue weighted by Gasteiger charge is -2.26. The van der Waals surface area contributed by atoms with Gasteiger partial charge in [-0.25, -0.2) is 4.79 Å². The van der Waals surface area contributed by atoms with Crippen molar-refractivity contribution < 1.29 is 24.2 Å². The summed E-state index contributed by atoms with van der Waals surface area (Å²) < 4.78 is 12.6. The summed E-state index contributed by atoms with van der Waals surface area (Å²) in [4.78, 5) is 41.8. The van der Waals surface area contributed by atoms with E-state index in [4.69, 9.17) is 9.47 Å². The first-order valence-corrected chi connectivity index (χ1v) is 13.5. The molecule has 11 heteroatoms. The third kappa shape index (κ3) is 4.72. The Kier molecular flexibility index (Phi) is 6.29. The molecule has 0 bridgehead atoms. The number of anilines is 2. The highest BCUT2D eigenvalue weighted by molar-refractivity contribution is 8.00. The monoisotopic (exact) mass is 536 g/mol. The van der Waals surface area contributed by atoms with Crippen molar-refractivity contribution in [3.63, 3.8) is 0 Å². The molecule has 2 aromatic carbocycles. The van der Waals surface area contributed by atoms with Crippen LogP contribution in [0.4, 0.5) is 16.2 Å². The second-order valence-corrected chi connectivity index (χ2v) is 11.0. The average molecular weight is 537 g/mol. The van der Waals surface area contributed by atoms with Gasteiger partial charge in [-0.15, -0.1) is 11.8 Å². The minimum absolute atomic E-state index is 0.0621. The number of amides is 2. The van der Waals surface area contributed by atoms with E-state index < -0.39 is 11.7 Å². The van der Waals surface area contributed by atoms with E-state index >= 15 is 0 Å². The van der Waals surface area contributed by atoms with Crippen molar-refractivity contribution in [2.45, 2.75) is 29.6 Å². The summed E-state index contributed by atoms with van der Waals surface area (Å²) in [7, 11) is 1.58. The Morgan fingerprint density at radius 2 is 2.00 bits per heavy atom. The van der Waals surface area contributed by atoms with E-state index in [-0.39, 0.29) is 24.1 Å². The van der Waals surface area contributed by atoms with E-state index in [9.17, 15) is 19.5 Å². The molecule has 2 fully saturated rings. The van der Waals surface area contributed by atoms with Crippen LogP contribution >= 0.6 is 11.8 Å². The molecule has 0 aliphatic carbocycles. The molecule has 2 N–H and O–H groups in total. The van der Waals surface area contributed by atoms with E-state index in [1.807, 2.05) is 30.3 Å². The molecule has 2 amide bonds. The maximum atomic E-state index is 12.7. The molecule has 4 heterocycles. The number of aliphatic hydroxyl groups is 1. The Balaban J connectivity index is 1.13. The maximum Gasteiger partial charge on any atom is 0.414 e. The zero-order valence-corrected chi connectivity index (χ0v) is 21.7. The first-order valence-electron chi connectivity index (χ1n) is 12.5. The number of nitrogens with one attached hydrogen (secondary N) is 1. The Hall–Kier alpha value is -3.54. The second-order valence-electron chi connectivity index (χ2n) is 10.0. The van der Waals surface area contributed by atoms with Crippen LogP contribution in [-0.4, -0.2) is 77.3 Å². The number of methoxy groups -OCH3 is 1. The number of nitrogens with zero attached hydrogens (tertiary/aromatic N) is 3. The smallest absolute Gasteiger partial charge is 0.414 e. The number of cyclic esters (lactones) is 1. The minimum atomic E-state index is -1.10. The highest BCUT2D eigenvalue weighted by atomic mass is 32.2. The van der Waals surface area contributed by atoms with Gasteiger partial charge in [-0.05, 0) is 48.2 Å². The molecule has 1 aromatic heterocycles. The van der Waals surface area contributed by atoms with Crippen molar-refractivity contribution in [1.82, 2.24) is 9.47 Å². The predicted octanol–water partition coefficient (Wildman–Crippen LogP) is 2.52. The number of hydrogen-bond acceptors (Lipinski definition) is 8. The fourth-order valence-corrected chi connectivity index (χ4v) is 6.22. The van der Waals surface area contributed by atoms with Crippen LogP contribution in [0, 0.1) is 0 Å². The van der Waals surface area contributed by atoms with E-state index in [1.165, 1.54) is 17.8 Å². The fourth-order valence-electron chi connectivity index (χ4n) is 5.43. The van der Waals surface area contributed by atoms with Gasteiger partial charge in [-0.1, -0.05) is 0 Å². The van der Waals surface area contributed by atoms with Crippen molar-refractivity contribution in [2.75, 3.05) is 49.3 Å². The predicted molar refractivity (Wildman–Crippen MR) is 144 cm³/mol. The molecule has 0 saturated carbocycles. The van der Waals surface area contributed by atoms with Gasteiger partial charge in [0.25, 0.3) is 5.56 Å². The molecule has 2 unspecified atom stereocenters. The summed E-state index contributed by atoms with van der Waals surface area (Å²) in [6.45, 7) is 1.98. The molecular weight excluding hydrogens is 508 g/mol. The topological polar surface area (TPSA) is 113 Å². The first-order chi connectivity index (χ1) is 18.3. The maximum absolute atomic E-state index is 12.7. The van der Waals surface area contributed by atoms with Crippen LogP contribution in [-0.2, 0) is 16.1 Å². The molecule has 2 atom stereocenters. The summed E-state index contributed by atoms with van der Waals surface area (Å²) in [5, 5.41) is 15.2. The number of pyridine rings is 1. The summed E-state index contributed by atoms with van der Waals surface area (Å²) in [6, 6.07) is 14.4. The van der Waals surface area contributed by atoms with Crippen molar-refractivity contribution in [3.05, 3.63) is 58.9 Å². The molecule has 0 spiro atoms. The molecule has 3 aromatic rings. The number of thioether (sulfide) groups is 1. The highest BCUT2D eigenvalue weighted by Gasteiger charge is 2.40. The number of carbonyl (C=O) groups excluding carboxylic acids is 2. The number of aromatic nitrogens is 1. The Morgan fingerprint density at radius 3 is 2.84 bits per heavy atom. The SMILES string of the molecule is COc1ccc2ccc(=O)n(CC3(O)CCN(CC4CN(c5ccc6c(c5)NC(=O)CS6)C(=O)O4)C3)c2c1. The number of β-amino-alcohol motifs (C(OH)–C–C–N with tert-alkyl or cyclic N) is 1. The summed E-state index contributed by atoms with van der Waals surface area (Å²) >= 11 is 1.47. The van der Waals surface area contributed by atoms with Gasteiger partial charge in [0, 0.05) is 42.3 Å². The number of fused-ring (bicyclic) bond motifs is 2. The lowest BCUT2D eigenvalue weighted by Crippen LogP contribution is -2.42. The van der Waals surface area contributed by atoms with Crippen LogP contribution in [0.5, 0.6) is 5.75 Å².